The molecule has 0 saturated carbocycles. The second-order valence-corrected chi connectivity index (χ2v) is 6.29. The van der Waals surface area contributed by atoms with Crippen LogP contribution < -0.4 is 10.2 Å². The first-order valence-electron chi connectivity index (χ1n) is 6.99. The van der Waals surface area contributed by atoms with Crippen LogP contribution in [0.5, 0.6) is 0 Å². The molecular weight excluding hydrogens is 296 g/mol. The minimum Gasteiger partial charge on any atom is -0.365 e. The van der Waals surface area contributed by atoms with Gasteiger partial charge in [-0.15, -0.1) is 0 Å². The topological polar surface area (TPSA) is 49.4 Å². The van der Waals surface area contributed by atoms with Crippen LogP contribution in [-0.2, 0) is 4.79 Å². The summed E-state index contributed by atoms with van der Waals surface area (Å²) >= 11 is 1.01. The van der Waals surface area contributed by atoms with Crippen LogP contribution in [-0.4, -0.2) is 16.5 Å². The maximum absolute atomic E-state index is 12.6. The molecule has 1 N–H and O–H groups in total. The molecule has 0 aromatic heterocycles. The summed E-state index contributed by atoms with van der Waals surface area (Å²) in [7, 11) is 0. The fraction of sp³-hybridized carbons (Fsp3) is 0.176. The van der Waals surface area contributed by atoms with Gasteiger partial charge < -0.3 is 5.32 Å². The van der Waals surface area contributed by atoms with Crippen LogP contribution in [0.2, 0.25) is 0 Å². The van der Waals surface area contributed by atoms with E-state index < -0.39 is 5.37 Å². The van der Waals surface area contributed by atoms with Gasteiger partial charge in [-0.3, -0.25) is 9.59 Å². The van der Waals surface area contributed by atoms with Gasteiger partial charge >= 0.3 is 0 Å². The molecule has 3 rings (SSSR count). The van der Waals surface area contributed by atoms with Gasteiger partial charge in [0, 0.05) is 5.69 Å². The second kappa shape index (κ2) is 5.85. The summed E-state index contributed by atoms with van der Waals surface area (Å²) in [5, 5.41) is 2.32. The highest BCUT2D eigenvalue weighted by Gasteiger charge is 2.40. The predicted molar refractivity (Wildman–Crippen MR) is 90.2 cm³/mol. The highest BCUT2D eigenvalue weighted by atomic mass is 32.2. The Labute approximate surface area is 133 Å². The average molecular weight is 312 g/mol. The maximum Gasteiger partial charge on any atom is 0.295 e. The Balaban J connectivity index is 1.84. The Hall–Kier alpha value is -2.27. The van der Waals surface area contributed by atoms with Gasteiger partial charge in [-0.05, 0) is 54.9 Å². The Morgan fingerprint density at radius 2 is 1.82 bits per heavy atom. The zero-order valence-corrected chi connectivity index (χ0v) is 13.2. The number of imide groups is 1. The summed E-state index contributed by atoms with van der Waals surface area (Å²) in [6, 6.07) is 15.1. The van der Waals surface area contributed by atoms with Gasteiger partial charge in [0.15, 0.2) is 5.37 Å². The van der Waals surface area contributed by atoms with Gasteiger partial charge in [0.2, 0.25) is 0 Å². The molecule has 0 unspecified atom stereocenters. The Morgan fingerprint density at radius 1 is 1.05 bits per heavy atom. The van der Waals surface area contributed by atoms with Gasteiger partial charge in [0.1, 0.15) is 0 Å². The molecule has 0 spiro atoms. The zero-order valence-electron chi connectivity index (χ0n) is 12.4. The van der Waals surface area contributed by atoms with Crippen LogP contribution in [0.1, 0.15) is 11.1 Å². The van der Waals surface area contributed by atoms with E-state index in [-0.39, 0.29) is 11.1 Å². The highest BCUT2D eigenvalue weighted by molar-refractivity contribution is 8.16. The fourth-order valence-corrected chi connectivity index (χ4v) is 3.27. The lowest BCUT2D eigenvalue weighted by atomic mass is 10.2. The number of aryl methyl sites for hydroxylation is 2. The largest absolute Gasteiger partial charge is 0.365 e. The lowest BCUT2D eigenvalue weighted by molar-refractivity contribution is -0.116. The van der Waals surface area contributed by atoms with E-state index in [9.17, 15) is 9.59 Å². The summed E-state index contributed by atoms with van der Waals surface area (Å²) in [4.78, 5) is 26.0. The molecule has 4 nitrogen and oxygen atoms in total. The molecule has 1 atom stereocenters. The van der Waals surface area contributed by atoms with Crippen molar-refractivity contribution in [1.29, 1.82) is 0 Å². The van der Waals surface area contributed by atoms with Crippen LogP contribution in [0.4, 0.5) is 16.2 Å². The summed E-state index contributed by atoms with van der Waals surface area (Å²) in [5.41, 5.74) is 3.54. The van der Waals surface area contributed by atoms with Crippen molar-refractivity contribution in [1.82, 2.24) is 0 Å². The lowest BCUT2D eigenvalue weighted by Gasteiger charge is -2.16. The third kappa shape index (κ3) is 2.72. The average Bonchev–Trinajstić information content (AvgIpc) is 2.76. The smallest absolute Gasteiger partial charge is 0.295 e. The van der Waals surface area contributed by atoms with Gasteiger partial charge in [0.05, 0.1) is 5.69 Å². The van der Waals surface area contributed by atoms with E-state index in [0.717, 1.165) is 28.6 Å². The lowest BCUT2D eigenvalue weighted by Crippen LogP contribution is -2.34. The van der Waals surface area contributed by atoms with Crippen molar-refractivity contribution >= 4 is 34.3 Å². The number of hydrogen-bond donors (Lipinski definition) is 1. The molecule has 0 bridgehead atoms. The molecule has 0 aliphatic carbocycles. The number of anilines is 2. The molecule has 1 heterocycles. The number of nitrogens with one attached hydrogen (secondary N) is 1. The standard InChI is InChI=1S/C17H16N2O2S/c1-11-6-5-8-13(10-11)19-16(20)15(22-17(19)21)18-14-9-4-3-7-12(14)2/h3-10,15,18H,1-2H3/t15-/m0/s1. The molecule has 22 heavy (non-hydrogen) atoms. The summed E-state index contributed by atoms with van der Waals surface area (Å²) in [6.45, 7) is 3.90. The van der Waals surface area contributed by atoms with Crippen LogP contribution in [0.25, 0.3) is 0 Å². The quantitative estimate of drug-likeness (QED) is 0.932. The summed E-state index contributed by atoms with van der Waals surface area (Å²) < 4.78 is 0. The molecule has 0 radical (unpaired) electrons. The molecule has 112 valence electrons. The fourth-order valence-electron chi connectivity index (χ4n) is 2.38. The van der Waals surface area contributed by atoms with Gasteiger partial charge in [-0.1, -0.05) is 30.3 Å². The van der Waals surface area contributed by atoms with Crippen molar-refractivity contribution in [3.05, 3.63) is 59.7 Å². The number of nitrogens with zero attached hydrogens (tertiary/aromatic N) is 1. The predicted octanol–water partition coefficient (Wildman–Crippen LogP) is 3.94. The van der Waals surface area contributed by atoms with Crippen molar-refractivity contribution in [2.75, 3.05) is 10.2 Å². The number of para-hydroxylation sites is 1. The molecular formula is C17H16N2O2S. The minimum absolute atomic E-state index is 0.233. The molecule has 5 heteroatoms. The van der Waals surface area contributed by atoms with E-state index in [1.165, 1.54) is 4.90 Å². The number of carbonyl (C=O) groups excluding carboxylic acids is 2. The first-order chi connectivity index (χ1) is 10.6. The summed E-state index contributed by atoms with van der Waals surface area (Å²) in [6.07, 6.45) is 0. The van der Waals surface area contributed by atoms with Crippen molar-refractivity contribution < 1.29 is 9.59 Å². The van der Waals surface area contributed by atoms with Crippen LogP contribution in [0.15, 0.2) is 48.5 Å². The summed E-state index contributed by atoms with van der Waals surface area (Å²) in [5.74, 6) is -0.233. The molecule has 2 amide bonds. The molecule has 2 aromatic carbocycles. The minimum atomic E-state index is -0.589. The first-order valence-corrected chi connectivity index (χ1v) is 7.87. The Kier molecular flexibility index (Phi) is 3.90. The molecule has 1 saturated heterocycles. The highest BCUT2D eigenvalue weighted by Crippen LogP contribution is 2.33. The monoisotopic (exact) mass is 312 g/mol. The van der Waals surface area contributed by atoms with Crippen LogP contribution in [0.3, 0.4) is 0 Å². The SMILES string of the molecule is Cc1cccc(N2C(=O)S[C@H](Nc3ccccc3C)C2=O)c1. The number of thioether (sulfide) groups is 1. The van der Waals surface area contributed by atoms with Crippen molar-refractivity contribution in [2.24, 2.45) is 0 Å². The van der Waals surface area contributed by atoms with Gasteiger partial charge in [-0.25, -0.2) is 4.90 Å². The Morgan fingerprint density at radius 3 is 2.55 bits per heavy atom. The maximum atomic E-state index is 12.6. The van der Waals surface area contributed by atoms with E-state index in [1.807, 2.05) is 56.3 Å². The number of carbonyl (C=O) groups is 2. The number of rotatable bonds is 3. The second-order valence-electron chi connectivity index (χ2n) is 5.24. The number of amides is 2. The zero-order chi connectivity index (χ0) is 15.7. The number of benzene rings is 2. The van der Waals surface area contributed by atoms with Gasteiger partial charge in [-0.2, -0.15) is 0 Å². The Bertz CT molecular complexity index is 745. The first kappa shape index (κ1) is 14.7. The van der Waals surface area contributed by atoms with Crippen molar-refractivity contribution in [2.45, 2.75) is 19.2 Å². The van der Waals surface area contributed by atoms with Crippen LogP contribution in [0, 0.1) is 13.8 Å². The van der Waals surface area contributed by atoms with Crippen molar-refractivity contribution in [3.63, 3.8) is 0 Å². The third-order valence-electron chi connectivity index (χ3n) is 3.54. The third-order valence-corrected chi connectivity index (χ3v) is 4.48. The van der Waals surface area contributed by atoms with E-state index in [0.29, 0.717) is 5.69 Å². The normalized spacial score (nSPS) is 17.9. The van der Waals surface area contributed by atoms with E-state index in [1.54, 1.807) is 6.07 Å². The molecule has 1 aliphatic heterocycles. The molecule has 1 aliphatic rings. The van der Waals surface area contributed by atoms with Crippen molar-refractivity contribution in [3.8, 4) is 0 Å². The van der Waals surface area contributed by atoms with Gasteiger partial charge in [0.25, 0.3) is 11.1 Å². The molecule has 2 aromatic rings. The van der Waals surface area contributed by atoms with Crippen LogP contribution >= 0.6 is 11.8 Å². The number of hydrogen-bond acceptors (Lipinski definition) is 4. The van der Waals surface area contributed by atoms with E-state index in [4.69, 9.17) is 0 Å². The van der Waals surface area contributed by atoms with E-state index in [2.05, 4.69) is 5.32 Å². The van der Waals surface area contributed by atoms with E-state index >= 15 is 0 Å². The molecule has 1 fully saturated rings.